The SMILES string of the molecule is COc1ccc(Oc2cc(CNC(=O)CCl)ccn2)cc1. The lowest BCUT2D eigenvalue weighted by atomic mass is 10.2. The lowest BCUT2D eigenvalue weighted by Crippen LogP contribution is -2.23. The fraction of sp³-hybridized carbons (Fsp3) is 0.200. The standard InChI is InChI=1S/C15H15ClN2O3/c1-20-12-2-4-13(5-3-12)21-15-8-11(6-7-17-15)10-18-14(19)9-16/h2-8H,9-10H2,1H3,(H,18,19). The van der Waals surface area contributed by atoms with Crippen LogP contribution in [0, 0.1) is 0 Å². The molecule has 0 radical (unpaired) electrons. The average molecular weight is 307 g/mol. The normalized spacial score (nSPS) is 10.0. The molecule has 1 aromatic heterocycles. The van der Waals surface area contributed by atoms with E-state index in [1.165, 1.54) is 0 Å². The van der Waals surface area contributed by atoms with Crippen molar-refractivity contribution in [3.8, 4) is 17.4 Å². The molecule has 110 valence electrons. The van der Waals surface area contributed by atoms with Crippen molar-refractivity contribution in [1.82, 2.24) is 10.3 Å². The lowest BCUT2D eigenvalue weighted by molar-refractivity contribution is -0.118. The number of nitrogens with one attached hydrogen (secondary N) is 1. The summed E-state index contributed by atoms with van der Waals surface area (Å²) in [7, 11) is 1.61. The number of hydrogen-bond acceptors (Lipinski definition) is 4. The molecule has 2 rings (SSSR count). The van der Waals surface area contributed by atoms with E-state index in [2.05, 4.69) is 10.3 Å². The molecule has 0 spiro atoms. The molecule has 0 atom stereocenters. The summed E-state index contributed by atoms with van der Waals surface area (Å²) in [6, 6.07) is 10.8. The summed E-state index contributed by atoms with van der Waals surface area (Å²) in [5.41, 5.74) is 0.881. The highest BCUT2D eigenvalue weighted by atomic mass is 35.5. The molecule has 0 bridgehead atoms. The summed E-state index contributed by atoms with van der Waals surface area (Å²) in [4.78, 5) is 15.3. The van der Waals surface area contributed by atoms with E-state index < -0.39 is 0 Å². The van der Waals surface area contributed by atoms with Gasteiger partial charge in [-0.2, -0.15) is 0 Å². The van der Waals surface area contributed by atoms with Gasteiger partial charge in [0.05, 0.1) is 7.11 Å². The quantitative estimate of drug-likeness (QED) is 0.834. The van der Waals surface area contributed by atoms with Gasteiger partial charge in [0.1, 0.15) is 17.4 Å². The summed E-state index contributed by atoms with van der Waals surface area (Å²) in [5.74, 6) is 1.60. The van der Waals surface area contributed by atoms with Gasteiger partial charge in [0, 0.05) is 18.8 Å². The van der Waals surface area contributed by atoms with Crippen LogP contribution < -0.4 is 14.8 Å². The molecule has 0 aliphatic carbocycles. The number of aromatic nitrogens is 1. The Bertz CT molecular complexity index is 602. The summed E-state index contributed by atoms with van der Waals surface area (Å²) in [6.45, 7) is 0.382. The predicted molar refractivity (Wildman–Crippen MR) is 79.9 cm³/mol. The van der Waals surface area contributed by atoms with Crippen LogP contribution in [0.3, 0.4) is 0 Å². The second kappa shape index (κ2) is 7.50. The summed E-state index contributed by atoms with van der Waals surface area (Å²) < 4.78 is 10.7. The molecule has 2 aromatic rings. The van der Waals surface area contributed by atoms with E-state index >= 15 is 0 Å². The van der Waals surface area contributed by atoms with E-state index in [0.717, 1.165) is 11.3 Å². The monoisotopic (exact) mass is 306 g/mol. The number of halogens is 1. The zero-order valence-electron chi connectivity index (χ0n) is 11.5. The molecule has 21 heavy (non-hydrogen) atoms. The van der Waals surface area contributed by atoms with Gasteiger partial charge in [-0.05, 0) is 35.9 Å². The molecular formula is C15H15ClN2O3. The number of alkyl halides is 1. The number of nitrogens with zero attached hydrogens (tertiary/aromatic N) is 1. The number of carbonyl (C=O) groups is 1. The minimum absolute atomic E-state index is 0.0553. The Kier molecular flexibility index (Phi) is 5.40. The van der Waals surface area contributed by atoms with Gasteiger partial charge >= 0.3 is 0 Å². The van der Waals surface area contributed by atoms with Crippen molar-refractivity contribution >= 4 is 17.5 Å². The van der Waals surface area contributed by atoms with Crippen LogP contribution in [0.1, 0.15) is 5.56 Å². The van der Waals surface area contributed by atoms with Gasteiger partial charge in [-0.25, -0.2) is 4.98 Å². The first-order chi connectivity index (χ1) is 10.2. The Morgan fingerprint density at radius 3 is 2.62 bits per heavy atom. The van der Waals surface area contributed by atoms with Crippen molar-refractivity contribution in [3.05, 3.63) is 48.2 Å². The molecule has 1 aromatic carbocycles. The topological polar surface area (TPSA) is 60.5 Å². The molecule has 5 nitrogen and oxygen atoms in total. The first-order valence-corrected chi connectivity index (χ1v) is 6.84. The minimum Gasteiger partial charge on any atom is -0.497 e. The van der Waals surface area contributed by atoms with Crippen molar-refractivity contribution in [1.29, 1.82) is 0 Å². The van der Waals surface area contributed by atoms with Crippen LogP contribution in [0.4, 0.5) is 0 Å². The molecule has 0 saturated heterocycles. The van der Waals surface area contributed by atoms with Crippen molar-refractivity contribution in [2.45, 2.75) is 6.54 Å². The summed E-state index contributed by atoms with van der Waals surface area (Å²) in [6.07, 6.45) is 1.63. The fourth-order valence-electron chi connectivity index (χ4n) is 1.63. The van der Waals surface area contributed by atoms with Crippen LogP contribution in [0.25, 0.3) is 0 Å². The Morgan fingerprint density at radius 2 is 1.95 bits per heavy atom. The molecule has 1 N–H and O–H groups in total. The maximum absolute atomic E-state index is 11.1. The van der Waals surface area contributed by atoms with Gasteiger partial charge in [-0.3, -0.25) is 4.79 Å². The first-order valence-electron chi connectivity index (χ1n) is 6.31. The van der Waals surface area contributed by atoms with E-state index in [4.69, 9.17) is 21.1 Å². The number of rotatable bonds is 6. The van der Waals surface area contributed by atoms with Gasteiger partial charge in [-0.15, -0.1) is 11.6 Å². The number of amides is 1. The Hall–Kier alpha value is -2.27. The minimum atomic E-state index is -0.217. The second-order valence-electron chi connectivity index (χ2n) is 4.19. The third-order valence-electron chi connectivity index (χ3n) is 2.69. The van der Waals surface area contributed by atoms with Gasteiger partial charge in [-0.1, -0.05) is 0 Å². The van der Waals surface area contributed by atoms with E-state index in [-0.39, 0.29) is 11.8 Å². The number of carbonyl (C=O) groups excluding carboxylic acids is 1. The van der Waals surface area contributed by atoms with Crippen molar-refractivity contribution in [2.24, 2.45) is 0 Å². The van der Waals surface area contributed by atoms with Crippen LogP contribution in [0.2, 0.25) is 0 Å². The lowest BCUT2D eigenvalue weighted by Gasteiger charge is -2.08. The van der Waals surface area contributed by atoms with Crippen molar-refractivity contribution < 1.29 is 14.3 Å². The third kappa shape index (κ3) is 4.65. The van der Waals surface area contributed by atoms with E-state index in [1.54, 1.807) is 49.7 Å². The highest BCUT2D eigenvalue weighted by molar-refractivity contribution is 6.27. The molecule has 0 unspecified atom stereocenters. The fourth-order valence-corrected chi connectivity index (χ4v) is 1.72. The number of pyridine rings is 1. The molecule has 0 saturated carbocycles. The predicted octanol–water partition coefficient (Wildman–Crippen LogP) is 2.74. The third-order valence-corrected chi connectivity index (χ3v) is 2.93. The number of benzene rings is 1. The number of hydrogen-bond donors (Lipinski definition) is 1. The van der Waals surface area contributed by atoms with Crippen LogP contribution in [-0.4, -0.2) is 23.9 Å². The molecule has 0 aliphatic rings. The van der Waals surface area contributed by atoms with Crippen LogP contribution in [-0.2, 0) is 11.3 Å². The smallest absolute Gasteiger partial charge is 0.235 e. The van der Waals surface area contributed by atoms with Crippen LogP contribution in [0.5, 0.6) is 17.4 Å². The molecule has 1 amide bonds. The van der Waals surface area contributed by atoms with E-state index in [0.29, 0.717) is 18.2 Å². The van der Waals surface area contributed by atoms with Gasteiger partial charge in [0.2, 0.25) is 11.8 Å². The highest BCUT2D eigenvalue weighted by Gasteiger charge is 2.03. The second-order valence-corrected chi connectivity index (χ2v) is 4.46. The molecule has 6 heteroatoms. The first kappa shape index (κ1) is 15.1. The largest absolute Gasteiger partial charge is 0.497 e. The van der Waals surface area contributed by atoms with Crippen molar-refractivity contribution in [3.63, 3.8) is 0 Å². The molecular weight excluding hydrogens is 292 g/mol. The van der Waals surface area contributed by atoms with Gasteiger partial charge < -0.3 is 14.8 Å². The Balaban J connectivity index is 2.01. The van der Waals surface area contributed by atoms with Crippen LogP contribution >= 0.6 is 11.6 Å². The van der Waals surface area contributed by atoms with E-state index in [9.17, 15) is 4.79 Å². The number of ether oxygens (including phenoxy) is 2. The maximum Gasteiger partial charge on any atom is 0.235 e. The molecule has 0 aliphatic heterocycles. The van der Waals surface area contributed by atoms with Gasteiger partial charge in [0.25, 0.3) is 0 Å². The zero-order valence-corrected chi connectivity index (χ0v) is 12.3. The molecule has 1 heterocycles. The van der Waals surface area contributed by atoms with Crippen molar-refractivity contribution in [2.75, 3.05) is 13.0 Å². The van der Waals surface area contributed by atoms with E-state index in [1.807, 2.05) is 0 Å². The van der Waals surface area contributed by atoms with Gasteiger partial charge in [0.15, 0.2) is 0 Å². The summed E-state index contributed by atoms with van der Waals surface area (Å²) >= 11 is 5.42. The Labute approximate surface area is 127 Å². The highest BCUT2D eigenvalue weighted by Crippen LogP contribution is 2.22. The summed E-state index contributed by atoms with van der Waals surface area (Å²) in [5, 5.41) is 2.68. The number of methoxy groups -OCH3 is 1. The average Bonchev–Trinajstić information content (AvgIpc) is 2.53. The zero-order chi connectivity index (χ0) is 15.1. The Morgan fingerprint density at radius 1 is 1.24 bits per heavy atom. The molecule has 0 fully saturated rings. The maximum atomic E-state index is 11.1. The van der Waals surface area contributed by atoms with Crippen LogP contribution in [0.15, 0.2) is 42.6 Å².